The fourth-order valence-corrected chi connectivity index (χ4v) is 6.54. The number of nitrogens with zero attached hydrogens (tertiary/aromatic N) is 1. The van der Waals surface area contributed by atoms with Crippen molar-refractivity contribution in [3.05, 3.63) is 208 Å². The Hall–Kier alpha value is -2.30. The van der Waals surface area contributed by atoms with E-state index in [2.05, 4.69) is 75.1 Å². The van der Waals surface area contributed by atoms with Crippen LogP contribution in [0.15, 0.2) is 115 Å². The molecule has 47 heavy (non-hydrogen) atoms. The Morgan fingerprint density at radius 3 is 1.28 bits per heavy atom. The first kappa shape index (κ1) is 37.5. The summed E-state index contributed by atoms with van der Waals surface area (Å²) in [5.41, 5.74) is 4.01. The van der Waals surface area contributed by atoms with E-state index in [9.17, 15) is 0 Å². The Balaban J connectivity index is 0.000000387. The third kappa shape index (κ3) is 10.8. The van der Waals surface area contributed by atoms with Gasteiger partial charge in [0.25, 0.3) is 0 Å². The summed E-state index contributed by atoms with van der Waals surface area (Å²) in [7, 11) is -1.43. The zero-order valence-electron chi connectivity index (χ0n) is 27.4. The number of hydrogen-bond acceptors (Lipinski definition) is 2. The molecule has 1 aliphatic heterocycles. The third-order valence-corrected chi connectivity index (χ3v) is 9.90. The van der Waals surface area contributed by atoms with Crippen LogP contribution in [-0.4, -0.2) is 13.9 Å². The van der Waals surface area contributed by atoms with Crippen LogP contribution in [0.1, 0.15) is 34.9 Å². The van der Waals surface area contributed by atoms with E-state index in [1.54, 1.807) is 0 Å². The van der Waals surface area contributed by atoms with Gasteiger partial charge in [-0.1, -0.05) is 152 Å². The van der Waals surface area contributed by atoms with Crippen LogP contribution in [0, 0.1) is 71.1 Å². The van der Waals surface area contributed by atoms with E-state index in [4.69, 9.17) is 14.8 Å². The molecular weight excluding hydrogens is 670 g/mol. The number of para-hydroxylation sites is 1. The summed E-state index contributed by atoms with van der Waals surface area (Å²) in [6.45, 7) is 11.6. The maximum atomic E-state index is 6.77. The van der Waals surface area contributed by atoms with Crippen molar-refractivity contribution < 1.29 is 35.7 Å². The van der Waals surface area contributed by atoms with E-state index >= 15 is 0 Å². The summed E-state index contributed by atoms with van der Waals surface area (Å²) in [6.07, 6.45) is 19.4. The Kier molecular flexibility index (Phi) is 14.7. The minimum atomic E-state index is -1.43. The van der Waals surface area contributed by atoms with Gasteiger partial charge in [0.15, 0.2) is 0 Å². The summed E-state index contributed by atoms with van der Waals surface area (Å²) in [5.74, 6) is -1.21. The molecule has 1 heterocycles. The fraction of sp³-hybridized carbons (Fsp3) is 0.167. The van der Waals surface area contributed by atoms with Gasteiger partial charge in [0.2, 0.25) is 0 Å². The van der Waals surface area contributed by atoms with Crippen molar-refractivity contribution in [3.8, 4) is 0 Å². The predicted octanol–water partition coefficient (Wildman–Crippen LogP) is 10.1. The predicted molar refractivity (Wildman–Crippen MR) is 193 cm³/mol. The van der Waals surface area contributed by atoms with E-state index < -0.39 is 19.9 Å². The Labute approximate surface area is 305 Å². The molecule has 4 aromatic rings. The molecule has 3 fully saturated rings. The number of ether oxygens (including phenoxy) is 2. The molecule has 3 aliphatic rings. The van der Waals surface area contributed by atoms with Crippen LogP contribution in [0.3, 0.4) is 0 Å². The molecule has 1 saturated heterocycles. The van der Waals surface area contributed by atoms with Gasteiger partial charge in [0.05, 0.1) is 8.07 Å². The van der Waals surface area contributed by atoms with Gasteiger partial charge in [0, 0.05) is 5.79 Å². The maximum Gasteiger partial charge on any atom is 2.00 e. The number of rotatable bonds is 7. The standard InChI is InChI=1S/C32H33NO2Si.2C5H5.Zr/c1-32(34-29(24-14-8-5-9-15-24)30(35-32)25-16-10-6-11-17-25)31(33-27-18-12-7-13-19-27)26-20-22-28(23-21-26)36(2,3)4;2*1-2-4-5-3-1;/h5-23,29-31H,1H2,2-4H3;2*1-5H;/q-2;;;+2/t29-,30-,31-;;;/m1.../s1. The van der Waals surface area contributed by atoms with E-state index in [1.165, 1.54) is 5.19 Å². The van der Waals surface area contributed by atoms with Crippen LogP contribution in [0.5, 0.6) is 0 Å². The Morgan fingerprint density at radius 1 is 0.553 bits per heavy atom. The summed E-state index contributed by atoms with van der Waals surface area (Å²) in [4.78, 5) is 0. The summed E-state index contributed by atoms with van der Waals surface area (Å²) < 4.78 is 13.5. The monoisotopic (exact) mass is 711 g/mol. The van der Waals surface area contributed by atoms with Crippen molar-refractivity contribution in [1.82, 2.24) is 0 Å². The van der Waals surface area contributed by atoms with Crippen LogP contribution in [0.2, 0.25) is 19.6 Å². The van der Waals surface area contributed by atoms with E-state index in [0.717, 1.165) is 22.4 Å². The minimum absolute atomic E-state index is 0. The van der Waals surface area contributed by atoms with Crippen molar-refractivity contribution in [2.75, 3.05) is 0 Å². The molecule has 2 aliphatic carbocycles. The average Bonchev–Trinajstić information content (AvgIpc) is 3.91. The molecule has 0 bridgehead atoms. The SMILES string of the molecule is [CH2-]C1([C@H]([N-]c2ccccc2)c2ccc([Si](C)(C)C)cc2)O[C@H](c2ccccc2)[C@@H](c2ccccc2)O1.[CH]1[CH][CH][CH][CH]1.[CH]1[CH][CH][CH][CH]1.[Zr+2]. The first-order chi connectivity index (χ1) is 22.3. The van der Waals surface area contributed by atoms with Crippen LogP contribution < -0.4 is 5.19 Å². The number of hydrogen-bond donors (Lipinski definition) is 0. The minimum Gasteiger partial charge on any atom is -0.676 e. The molecule has 0 aromatic heterocycles. The number of benzene rings is 4. The Morgan fingerprint density at radius 2 is 0.915 bits per heavy atom. The summed E-state index contributed by atoms with van der Waals surface area (Å²) in [6, 6.07) is 38.8. The van der Waals surface area contributed by atoms with Crippen LogP contribution in [-0.2, 0) is 35.7 Å². The molecule has 236 valence electrons. The third-order valence-electron chi connectivity index (χ3n) is 7.84. The van der Waals surface area contributed by atoms with Crippen molar-refractivity contribution in [2.24, 2.45) is 0 Å². The smallest absolute Gasteiger partial charge is 0.676 e. The van der Waals surface area contributed by atoms with Crippen molar-refractivity contribution in [1.29, 1.82) is 0 Å². The van der Waals surface area contributed by atoms with Gasteiger partial charge in [-0.2, -0.15) is 0 Å². The van der Waals surface area contributed by atoms with E-state index in [1.807, 2.05) is 131 Å². The van der Waals surface area contributed by atoms with Gasteiger partial charge in [-0.05, 0) is 75.3 Å². The first-order valence-electron chi connectivity index (χ1n) is 15.8. The maximum absolute atomic E-state index is 6.77. The van der Waals surface area contributed by atoms with Gasteiger partial charge in [0.1, 0.15) is 12.2 Å². The zero-order valence-corrected chi connectivity index (χ0v) is 30.9. The quantitative estimate of drug-likeness (QED) is 0.141. The first-order valence-corrected chi connectivity index (χ1v) is 19.3. The van der Waals surface area contributed by atoms with Crippen molar-refractivity contribution >= 4 is 18.9 Å². The van der Waals surface area contributed by atoms with Gasteiger partial charge < -0.3 is 14.8 Å². The molecule has 5 heteroatoms. The molecule has 4 aromatic carbocycles. The topological polar surface area (TPSA) is 32.6 Å². The van der Waals surface area contributed by atoms with E-state index in [0.29, 0.717) is 0 Å². The van der Waals surface area contributed by atoms with Crippen LogP contribution in [0.4, 0.5) is 5.69 Å². The second-order valence-corrected chi connectivity index (χ2v) is 17.5. The summed E-state index contributed by atoms with van der Waals surface area (Å²) >= 11 is 0. The molecule has 2 saturated carbocycles. The fourth-order valence-electron chi connectivity index (χ4n) is 5.38. The largest absolute Gasteiger partial charge is 2.00 e. The van der Waals surface area contributed by atoms with E-state index in [-0.39, 0.29) is 38.4 Å². The van der Waals surface area contributed by atoms with Gasteiger partial charge in [-0.3, -0.25) is 6.92 Å². The summed E-state index contributed by atoms with van der Waals surface area (Å²) in [5, 5.41) is 6.53. The molecule has 0 N–H and O–H groups in total. The Bertz CT molecular complexity index is 1350. The molecule has 10 radical (unpaired) electrons. The van der Waals surface area contributed by atoms with Crippen molar-refractivity contribution in [2.45, 2.75) is 43.7 Å². The molecule has 0 amide bonds. The molecule has 7 rings (SSSR count). The molecule has 3 atom stereocenters. The van der Waals surface area contributed by atoms with Gasteiger partial charge in [-0.25, -0.2) is 0 Å². The molecule has 3 nitrogen and oxygen atoms in total. The zero-order chi connectivity index (χ0) is 32.2. The van der Waals surface area contributed by atoms with Crippen LogP contribution in [0.25, 0.3) is 5.32 Å². The second-order valence-electron chi connectivity index (χ2n) is 12.4. The molecule has 0 unspecified atom stereocenters. The molecular formula is C42H43NO2SiZr. The second kappa shape index (κ2) is 18.5. The molecule has 0 spiro atoms. The van der Waals surface area contributed by atoms with Gasteiger partial charge >= 0.3 is 26.2 Å². The van der Waals surface area contributed by atoms with Gasteiger partial charge in [-0.15, -0.1) is 5.69 Å². The normalized spacial score (nSPS) is 20.5. The van der Waals surface area contributed by atoms with Crippen LogP contribution >= 0.6 is 0 Å². The van der Waals surface area contributed by atoms with Crippen molar-refractivity contribution in [3.63, 3.8) is 0 Å². The average molecular weight is 713 g/mol.